The van der Waals surface area contributed by atoms with Crippen molar-refractivity contribution in [3.8, 4) is 0 Å². The summed E-state index contributed by atoms with van der Waals surface area (Å²) in [5, 5.41) is 7.87. The normalized spacial score (nSPS) is 20.4. The largest absolute Gasteiger partial charge is 0.372 e. The first-order valence-electron chi connectivity index (χ1n) is 10.9. The van der Waals surface area contributed by atoms with Gasteiger partial charge in [0.25, 0.3) is 0 Å². The number of anilines is 1. The summed E-state index contributed by atoms with van der Waals surface area (Å²) in [5.74, 6) is 2.39. The van der Waals surface area contributed by atoms with E-state index in [9.17, 15) is 0 Å². The number of piperidine rings is 1. The number of hydrogen-bond acceptors (Lipinski definition) is 3. The molecule has 1 aromatic carbocycles. The van der Waals surface area contributed by atoms with Gasteiger partial charge in [-0.2, -0.15) is 5.10 Å². The van der Waals surface area contributed by atoms with E-state index in [1.165, 1.54) is 42.7 Å². The number of aliphatic imine (C=N–C) groups is 1. The van der Waals surface area contributed by atoms with Crippen LogP contribution < -0.4 is 10.2 Å². The molecular formula is C23H35IN6. The molecule has 3 heterocycles. The molecule has 30 heavy (non-hydrogen) atoms. The molecule has 1 atom stereocenters. The summed E-state index contributed by atoms with van der Waals surface area (Å²) in [5.41, 5.74) is 3.97. The summed E-state index contributed by atoms with van der Waals surface area (Å²) < 4.78 is 1.89. The Labute approximate surface area is 197 Å². The first-order valence-corrected chi connectivity index (χ1v) is 10.9. The number of guanidine groups is 1. The van der Waals surface area contributed by atoms with Gasteiger partial charge >= 0.3 is 0 Å². The fourth-order valence-corrected chi connectivity index (χ4v) is 4.48. The third-order valence-corrected chi connectivity index (χ3v) is 6.43. The molecule has 1 aromatic heterocycles. The van der Waals surface area contributed by atoms with Crippen LogP contribution in [0.2, 0.25) is 0 Å². The van der Waals surface area contributed by atoms with Crippen LogP contribution in [0.1, 0.15) is 43.2 Å². The predicted octanol–water partition coefficient (Wildman–Crippen LogP) is 3.84. The van der Waals surface area contributed by atoms with Gasteiger partial charge in [-0.15, -0.1) is 24.0 Å². The highest BCUT2D eigenvalue weighted by molar-refractivity contribution is 14.0. The number of hydrogen-bond donors (Lipinski definition) is 1. The summed E-state index contributed by atoms with van der Waals surface area (Å²) >= 11 is 0. The first-order chi connectivity index (χ1) is 14.1. The van der Waals surface area contributed by atoms with Crippen molar-refractivity contribution in [2.75, 3.05) is 38.1 Å². The Morgan fingerprint density at radius 3 is 2.50 bits per heavy atom. The van der Waals surface area contributed by atoms with Crippen molar-refractivity contribution in [1.82, 2.24) is 20.0 Å². The Morgan fingerprint density at radius 1 is 1.13 bits per heavy atom. The number of nitrogens with zero attached hydrogens (tertiary/aromatic N) is 5. The van der Waals surface area contributed by atoms with Crippen molar-refractivity contribution in [2.45, 2.75) is 38.6 Å². The van der Waals surface area contributed by atoms with Gasteiger partial charge in [0.05, 0.1) is 6.20 Å². The smallest absolute Gasteiger partial charge is 0.193 e. The van der Waals surface area contributed by atoms with Crippen LogP contribution in [-0.4, -0.2) is 53.9 Å². The maximum absolute atomic E-state index is 4.52. The van der Waals surface area contributed by atoms with Crippen LogP contribution >= 0.6 is 24.0 Å². The molecule has 0 radical (unpaired) electrons. The minimum Gasteiger partial charge on any atom is -0.372 e. The molecule has 164 valence electrons. The van der Waals surface area contributed by atoms with Gasteiger partial charge in [-0.1, -0.05) is 19.1 Å². The highest BCUT2D eigenvalue weighted by atomic mass is 127. The molecule has 2 aliphatic rings. The van der Waals surface area contributed by atoms with Crippen LogP contribution in [0.3, 0.4) is 0 Å². The van der Waals surface area contributed by atoms with Crippen LogP contribution in [0.25, 0.3) is 0 Å². The molecule has 2 aromatic rings. The van der Waals surface area contributed by atoms with E-state index in [-0.39, 0.29) is 24.0 Å². The molecule has 0 amide bonds. The van der Waals surface area contributed by atoms with Crippen molar-refractivity contribution in [3.05, 3.63) is 47.8 Å². The molecule has 1 unspecified atom stereocenters. The van der Waals surface area contributed by atoms with E-state index in [1.54, 1.807) is 0 Å². The van der Waals surface area contributed by atoms with E-state index < -0.39 is 0 Å². The Hall–Kier alpha value is -1.77. The Balaban J connectivity index is 0.00000256. The van der Waals surface area contributed by atoms with E-state index in [4.69, 9.17) is 0 Å². The molecule has 0 bridgehead atoms. The summed E-state index contributed by atoms with van der Waals surface area (Å²) in [6, 6.07) is 9.03. The Morgan fingerprint density at radius 2 is 1.87 bits per heavy atom. The standard InChI is InChI=1S/C23H34N6.HI/c1-18-8-11-28(12-9-18)22-6-4-19(5-7-22)14-25-23(24-2)29-13-10-20(17-29)21-15-26-27(3)16-21;/h4-7,15-16,18,20H,8-14,17H2,1-3H3,(H,24,25);1H. The number of aryl methyl sites for hydroxylation is 1. The predicted molar refractivity (Wildman–Crippen MR) is 135 cm³/mol. The molecule has 0 saturated carbocycles. The molecule has 2 fully saturated rings. The van der Waals surface area contributed by atoms with Crippen LogP contribution in [0.5, 0.6) is 0 Å². The number of nitrogens with one attached hydrogen (secondary N) is 1. The second kappa shape index (κ2) is 10.5. The number of benzene rings is 1. The third kappa shape index (κ3) is 5.47. The third-order valence-electron chi connectivity index (χ3n) is 6.43. The van der Waals surface area contributed by atoms with Gasteiger partial charge in [0.1, 0.15) is 0 Å². The van der Waals surface area contributed by atoms with Gasteiger partial charge in [-0.05, 0) is 48.4 Å². The fourth-order valence-electron chi connectivity index (χ4n) is 4.48. The second-order valence-electron chi connectivity index (χ2n) is 8.62. The van der Waals surface area contributed by atoms with Gasteiger partial charge in [0, 0.05) is 64.6 Å². The molecular weight excluding hydrogens is 487 g/mol. The lowest BCUT2D eigenvalue weighted by Crippen LogP contribution is -2.39. The van der Waals surface area contributed by atoms with Crippen LogP contribution in [-0.2, 0) is 13.6 Å². The second-order valence-corrected chi connectivity index (χ2v) is 8.62. The molecule has 6 nitrogen and oxygen atoms in total. The minimum atomic E-state index is 0. The number of aromatic nitrogens is 2. The SMILES string of the molecule is CN=C(NCc1ccc(N2CCC(C)CC2)cc1)N1CCC(c2cnn(C)c2)C1.I. The lowest BCUT2D eigenvalue weighted by Gasteiger charge is -2.32. The lowest BCUT2D eigenvalue weighted by molar-refractivity contribution is 0.438. The number of likely N-dealkylation sites (tertiary alicyclic amines) is 1. The topological polar surface area (TPSA) is 48.7 Å². The van der Waals surface area contributed by atoms with Crippen molar-refractivity contribution >= 4 is 35.6 Å². The molecule has 0 aliphatic carbocycles. The zero-order chi connectivity index (χ0) is 20.2. The highest BCUT2D eigenvalue weighted by Crippen LogP contribution is 2.27. The zero-order valence-electron chi connectivity index (χ0n) is 18.4. The van der Waals surface area contributed by atoms with E-state index in [0.717, 1.165) is 37.9 Å². The molecule has 7 heteroatoms. The maximum Gasteiger partial charge on any atom is 0.193 e. The van der Waals surface area contributed by atoms with Crippen molar-refractivity contribution in [1.29, 1.82) is 0 Å². The van der Waals surface area contributed by atoms with Crippen molar-refractivity contribution in [3.63, 3.8) is 0 Å². The van der Waals surface area contributed by atoms with Gasteiger partial charge in [0.2, 0.25) is 0 Å². The van der Waals surface area contributed by atoms with Gasteiger partial charge in [0.15, 0.2) is 5.96 Å². The summed E-state index contributed by atoms with van der Waals surface area (Å²) in [6.45, 7) is 7.55. The average molecular weight is 522 g/mol. The maximum atomic E-state index is 4.52. The average Bonchev–Trinajstić information content (AvgIpc) is 3.39. The molecule has 1 N–H and O–H groups in total. The Kier molecular flexibility index (Phi) is 8.02. The minimum absolute atomic E-state index is 0. The quantitative estimate of drug-likeness (QED) is 0.377. The van der Waals surface area contributed by atoms with E-state index in [2.05, 4.69) is 62.6 Å². The highest BCUT2D eigenvalue weighted by Gasteiger charge is 2.26. The number of halogens is 1. The van der Waals surface area contributed by atoms with Gasteiger partial charge < -0.3 is 15.1 Å². The first kappa shape index (κ1) is 22.9. The fraction of sp³-hybridized carbons (Fsp3) is 0.565. The van der Waals surface area contributed by atoms with Crippen LogP contribution in [0, 0.1) is 5.92 Å². The molecule has 4 rings (SSSR count). The van der Waals surface area contributed by atoms with Crippen LogP contribution in [0.15, 0.2) is 41.7 Å². The van der Waals surface area contributed by atoms with E-state index in [0.29, 0.717) is 5.92 Å². The lowest BCUT2D eigenvalue weighted by atomic mass is 9.99. The summed E-state index contributed by atoms with van der Waals surface area (Å²) in [7, 11) is 3.86. The Bertz CT molecular complexity index is 822. The summed E-state index contributed by atoms with van der Waals surface area (Å²) in [4.78, 5) is 9.39. The molecule has 2 aliphatic heterocycles. The monoisotopic (exact) mass is 522 g/mol. The van der Waals surface area contributed by atoms with Gasteiger partial charge in [-0.3, -0.25) is 9.67 Å². The van der Waals surface area contributed by atoms with Crippen molar-refractivity contribution in [2.24, 2.45) is 18.0 Å². The van der Waals surface area contributed by atoms with E-state index in [1.807, 2.05) is 25.0 Å². The molecule has 2 saturated heterocycles. The zero-order valence-corrected chi connectivity index (χ0v) is 20.8. The summed E-state index contributed by atoms with van der Waals surface area (Å²) in [6.07, 6.45) is 7.88. The number of rotatable bonds is 4. The van der Waals surface area contributed by atoms with Crippen LogP contribution in [0.4, 0.5) is 5.69 Å². The van der Waals surface area contributed by atoms with Crippen molar-refractivity contribution < 1.29 is 0 Å². The van der Waals surface area contributed by atoms with E-state index >= 15 is 0 Å². The molecule has 0 spiro atoms. The van der Waals surface area contributed by atoms with Gasteiger partial charge in [-0.25, -0.2) is 0 Å².